The van der Waals surface area contributed by atoms with Gasteiger partial charge in [-0.3, -0.25) is 9.89 Å². The van der Waals surface area contributed by atoms with E-state index in [2.05, 4.69) is 15.5 Å². The van der Waals surface area contributed by atoms with Crippen molar-refractivity contribution < 1.29 is 13.9 Å². The maximum Gasteiger partial charge on any atom is 0.261 e. The van der Waals surface area contributed by atoms with Crippen molar-refractivity contribution in [2.45, 2.75) is 13.8 Å². The molecular weight excluding hydrogens is 263 g/mol. The summed E-state index contributed by atoms with van der Waals surface area (Å²) >= 11 is 0. The van der Waals surface area contributed by atoms with Crippen LogP contribution in [0.2, 0.25) is 0 Å². The first-order valence-electron chi connectivity index (χ1n) is 6.07. The van der Waals surface area contributed by atoms with Crippen molar-refractivity contribution in [2.75, 3.05) is 17.7 Å². The molecule has 0 spiro atoms. The number of aromatic nitrogens is 2. The van der Waals surface area contributed by atoms with Gasteiger partial charge in [0, 0.05) is 17.4 Å². The minimum absolute atomic E-state index is 0.103. The molecule has 4 N–H and O–H groups in total. The van der Waals surface area contributed by atoms with Crippen LogP contribution in [-0.2, 0) is 0 Å². The van der Waals surface area contributed by atoms with Crippen LogP contribution in [0.3, 0.4) is 0 Å². The molecule has 20 heavy (non-hydrogen) atoms. The Kier molecular flexibility index (Phi) is 3.88. The highest BCUT2D eigenvalue weighted by atomic mass is 19.1. The van der Waals surface area contributed by atoms with E-state index >= 15 is 0 Å². The molecule has 1 aromatic heterocycles. The number of carbonyl (C=O) groups is 1. The minimum Gasteiger partial charge on any atom is -0.491 e. The lowest BCUT2D eigenvalue weighted by Gasteiger charge is -2.08. The number of nitrogens with zero attached hydrogens (tertiary/aromatic N) is 1. The number of H-pyrrole nitrogens is 1. The van der Waals surface area contributed by atoms with Gasteiger partial charge < -0.3 is 15.8 Å². The average molecular weight is 278 g/mol. The number of hydrogen-bond donors (Lipinski definition) is 3. The number of rotatable bonds is 4. The van der Waals surface area contributed by atoms with Crippen LogP contribution < -0.4 is 15.8 Å². The predicted octanol–water partition coefficient (Wildman–Crippen LogP) is 2.09. The Morgan fingerprint density at radius 1 is 1.55 bits per heavy atom. The van der Waals surface area contributed by atoms with Crippen molar-refractivity contribution in [3.05, 3.63) is 35.3 Å². The third kappa shape index (κ3) is 2.71. The molecule has 6 nitrogen and oxygen atoms in total. The number of halogens is 1. The molecule has 1 amide bonds. The van der Waals surface area contributed by atoms with Crippen molar-refractivity contribution in [3.63, 3.8) is 0 Å². The third-order valence-corrected chi connectivity index (χ3v) is 2.69. The van der Waals surface area contributed by atoms with Crippen molar-refractivity contribution in [1.29, 1.82) is 0 Å². The Morgan fingerprint density at radius 2 is 2.30 bits per heavy atom. The summed E-state index contributed by atoms with van der Waals surface area (Å²) < 4.78 is 18.8. The number of amides is 1. The van der Waals surface area contributed by atoms with E-state index in [0.29, 0.717) is 18.0 Å². The molecule has 0 bridgehead atoms. The monoisotopic (exact) mass is 278 g/mol. The van der Waals surface area contributed by atoms with Gasteiger partial charge in [0.25, 0.3) is 5.91 Å². The lowest BCUT2D eigenvalue weighted by molar-refractivity contribution is 0.102. The topological polar surface area (TPSA) is 93.0 Å². The first-order valence-corrected chi connectivity index (χ1v) is 6.07. The van der Waals surface area contributed by atoms with Gasteiger partial charge in [0.1, 0.15) is 5.56 Å². The molecule has 0 fully saturated rings. The standard InChI is InChI=1S/C13H15FN4O2/c1-3-20-10-5-4-8(6-9(10)14)16-13(19)11-7(2)17-18-12(11)15/h4-6H,3H2,1-2H3,(H,16,19)(H3,15,17,18). The molecule has 0 saturated carbocycles. The molecule has 0 atom stereocenters. The second-order valence-electron chi connectivity index (χ2n) is 4.14. The number of anilines is 2. The van der Waals surface area contributed by atoms with E-state index in [0.717, 1.165) is 0 Å². The third-order valence-electron chi connectivity index (χ3n) is 2.69. The highest BCUT2D eigenvalue weighted by molar-refractivity contribution is 6.08. The number of benzene rings is 1. The Labute approximate surface area is 115 Å². The number of carbonyl (C=O) groups excluding carboxylic acids is 1. The number of hydrogen-bond acceptors (Lipinski definition) is 4. The molecule has 2 rings (SSSR count). The normalized spacial score (nSPS) is 10.3. The molecule has 1 aromatic carbocycles. The van der Waals surface area contributed by atoms with Gasteiger partial charge in [-0.1, -0.05) is 0 Å². The molecule has 106 valence electrons. The van der Waals surface area contributed by atoms with E-state index in [1.165, 1.54) is 12.1 Å². The van der Waals surface area contributed by atoms with E-state index in [1.54, 1.807) is 19.9 Å². The van der Waals surface area contributed by atoms with Crippen LogP contribution in [0.5, 0.6) is 5.75 Å². The molecule has 0 radical (unpaired) electrons. The number of aryl methyl sites for hydroxylation is 1. The fourth-order valence-electron chi connectivity index (χ4n) is 1.78. The molecule has 0 aliphatic heterocycles. The Hall–Kier alpha value is -2.57. The zero-order chi connectivity index (χ0) is 14.7. The predicted molar refractivity (Wildman–Crippen MR) is 73.3 cm³/mol. The Balaban J connectivity index is 2.18. The van der Waals surface area contributed by atoms with E-state index in [9.17, 15) is 9.18 Å². The highest BCUT2D eigenvalue weighted by Gasteiger charge is 2.16. The first kappa shape index (κ1) is 13.9. The van der Waals surface area contributed by atoms with Gasteiger partial charge in [-0.15, -0.1) is 0 Å². The SMILES string of the molecule is CCOc1ccc(NC(=O)c2c(N)n[nH]c2C)cc1F. The largest absolute Gasteiger partial charge is 0.491 e. The first-order chi connectivity index (χ1) is 9.52. The minimum atomic E-state index is -0.540. The van der Waals surface area contributed by atoms with Crippen LogP contribution in [0.25, 0.3) is 0 Å². The van der Waals surface area contributed by atoms with Crippen LogP contribution in [0, 0.1) is 12.7 Å². The average Bonchev–Trinajstić information content (AvgIpc) is 2.72. The second-order valence-corrected chi connectivity index (χ2v) is 4.14. The molecule has 0 unspecified atom stereocenters. The number of nitrogens with two attached hydrogens (primary N) is 1. The molecule has 2 aromatic rings. The number of nitrogens with one attached hydrogen (secondary N) is 2. The van der Waals surface area contributed by atoms with Gasteiger partial charge in [0.15, 0.2) is 17.4 Å². The van der Waals surface area contributed by atoms with E-state index in [4.69, 9.17) is 10.5 Å². The summed E-state index contributed by atoms with van der Waals surface area (Å²) in [6.45, 7) is 3.81. The maximum atomic E-state index is 13.7. The summed E-state index contributed by atoms with van der Waals surface area (Å²) in [5, 5.41) is 8.91. The summed E-state index contributed by atoms with van der Waals surface area (Å²) in [4.78, 5) is 12.0. The summed E-state index contributed by atoms with van der Waals surface area (Å²) in [5.41, 5.74) is 6.70. The summed E-state index contributed by atoms with van der Waals surface area (Å²) in [7, 11) is 0. The van der Waals surface area contributed by atoms with Crippen LogP contribution >= 0.6 is 0 Å². The van der Waals surface area contributed by atoms with Gasteiger partial charge >= 0.3 is 0 Å². The second kappa shape index (κ2) is 5.60. The lowest BCUT2D eigenvalue weighted by Crippen LogP contribution is -2.14. The Bertz CT molecular complexity index is 620. The van der Waals surface area contributed by atoms with Crippen LogP contribution in [0.4, 0.5) is 15.9 Å². The fourth-order valence-corrected chi connectivity index (χ4v) is 1.78. The lowest BCUT2D eigenvalue weighted by atomic mass is 10.2. The van der Waals surface area contributed by atoms with Crippen LogP contribution in [-0.4, -0.2) is 22.7 Å². The molecule has 0 aliphatic rings. The van der Waals surface area contributed by atoms with Gasteiger partial charge in [0.2, 0.25) is 0 Å². The smallest absolute Gasteiger partial charge is 0.261 e. The summed E-state index contributed by atoms with van der Waals surface area (Å²) in [5.74, 6) is -0.741. The molecule has 0 saturated heterocycles. The van der Waals surface area contributed by atoms with Crippen molar-refractivity contribution in [2.24, 2.45) is 0 Å². The quantitative estimate of drug-likeness (QED) is 0.798. The highest BCUT2D eigenvalue weighted by Crippen LogP contribution is 2.22. The molecule has 1 heterocycles. The summed E-state index contributed by atoms with van der Waals surface area (Å²) in [6.07, 6.45) is 0. The number of aromatic amines is 1. The van der Waals surface area contributed by atoms with Gasteiger partial charge in [-0.2, -0.15) is 5.10 Å². The van der Waals surface area contributed by atoms with E-state index < -0.39 is 11.7 Å². The van der Waals surface area contributed by atoms with E-state index in [1.807, 2.05) is 0 Å². The van der Waals surface area contributed by atoms with Crippen LogP contribution in [0.1, 0.15) is 23.0 Å². The van der Waals surface area contributed by atoms with E-state index in [-0.39, 0.29) is 17.1 Å². The van der Waals surface area contributed by atoms with Gasteiger partial charge in [0.05, 0.1) is 6.61 Å². The summed E-state index contributed by atoms with van der Waals surface area (Å²) in [6, 6.07) is 4.20. The van der Waals surface area contributed by atoms with Crippen molar-refractivity contribution in [3.8, 4) is 5.75 Å². The van der Waals surface area contributed by atoms with Gasteiger partial charge in [-0.25, -0.2) is 4.39 Å². The Morgan fingerprint density at radius 3 is 2.85 bits per heavy atom. The molecule has 7 heteroatoms. The number of nitrogen functional groups attached to an aromatic ring is 1. The molecule has 0 aliphatic carbocycles. The van der Waals surface area contributed by atoms with Gasteiger partial charge in [-0.05, 0) is 26.0 Å². The van der Waals surface area contributed by atoms with Crippen molar-refractivity contribution >= 4 is 17.4 Å². The van der Waals surface area contributed by atoms with Crippen LogP contribution in [0.15, 0.2) is 18.2 Å². The molecular formula is C13H15FN4O2. The number of ether oxygens (including phenoxy) is 1. The maximum absolute atomic E-state index is 13.7. The zero-order valence-corrected chi connectivity index (χ0v) is 11.2. The van der Waals surface area contributed by atoms with Crippen molar-refractivity contribution in [1.82, 2.24) is 10.2 Å². The zero-order valence-electron chi connectivity index (χ0n) is 11.2. The fraction of sp³-hybridized carbons (Fsp3) is 0.231.